The fourth-order valence-electron chi connectivity index (χ4n) is 3.19. The first-order valence-electron chi connectivity index (χ1n) is 8.68. The Morgan fingerprint density at radius 2 is 1.82 bits per heavy atom. The molecule has 1 aromatic carbocycles. The second kappa shape index (κ2) is 6.94. The molecule has 2 N–H and O–H groups in total. The first-order valence-corrected chi connectivity index (χ1v) is 9.56. The zero-order valence-corrected chi connectivity index (χ0v) is 16.2. The minimum Gasteiger partial charge on any atom is -0.383 e. The Kier molecular flexibility index (Phi) is 4.44. The molecule has 3 heterocycles. The van der Waals surface area contributed by atoms with Gasteiger partial charge < -0.3 is 5.73 Å². The van der Waals surface area contributed by atoms with Crippen molar-refractivity contribution < 1.29 is 4.79 Å². The van der Waals surface area contributed by atoms with Gasteiger partial charge >= 0.3 is 0 Å². The molecule has 0 saturated carbocycles. The van der Waals surface area contributed by atoms with Crippen molar-refractivity contribution in [2.45, 2.75) is 6.92 Å². The number of rotatable bonds is 4. The van der Waals surface area contributed by atoms with Crippen LogP contribution in [0, 0.1) is 6.92 Å². The first kappa shape index (κ1) is 17.9. The second-order valence-corrected chi connectivity index (χ2v) is 7.32. The Hall–Kier alpha value is -3.45. The number of ketones is 1. The number of pyridine rings is 1. The van der Waals surface area contributed by atoms with Crippen LogP contribution in [-0.2, 0) is 7.05 Å². The molecule has 6 nitrogen and oxygen atoms in total. The highest BCUT2D eigenvalue weighted by atomic mass is 32.1. The van der Waals surface area contributed by atoms with Crippen molar-refractivity contribution in [1.29, 1.82) is 0 Å². The molecule has 0 bridgehead atoms. The lowest BCUT2D eigenvalue weighted by atomic mass is 10.0. The molecule has 0 saturated heterocycles. The fourth-order valence-corrected chi connectivity index (χ4v) is 3.89. The number of benzene rings is 1. The van der Waals surface area contributed by atoms with Crippen molar-refractivity contribution in [3.63, 3.8) is 0 Å². The van der Waals surface area contributed by atoms with E-state index in [0.29, 0.717) is 17.1 Å². The second-order valence-electron chi connectivity index (χ2n) is 6.37. The minimum absolute atomic E-state index is 0.101. The van der Waals surface area contributed by atoms with Crippen LogP contribution in [0.1, 0.15) is 21.6 Å². The quantitative estimate of drug-likeness (QED) is 0.541. The molecule has 0 fully saturated rings. The lowest BCUT2D eigenvalue weighted by Gasteiger charge is -2.07. The summed E-state index contributed by atoms with van der Waals surface area (Å²) in [4.78, 5) is 31.5. The topological polar surface area (TPSA) is 82.9 Å². The molecule has 7 heteroatoms. The van der Waals surface area contributed by atoms with Crippen LogP contribution in [0.15, 0.2) is 64.8 Å². The Morgan fingerprint density at radius 1 is 1.07 bits per heavy atom. The molecule has 0 aliphatic rings. The summed E-state index contributed by atoms with van der Waals surface area (Å²) in [6.45, 7) is 1.75. The van der Waals surface area contributed by atoms with Gasteiger partial charge in [-0.25, -0.2) is 9.67 Å². The van der Waals surface area contributed by atoms with Gasteiger partial charge in [-0.1, -0.05) is 24.3 Å². The van der Waals surface area contributed by atoms with E-state index in [1.165, 1.54) is 4.68 Å². The Bertz CT molecular complexity index is 1220. The number of hydrogen-bond acceptors (Lipinski definition) is 5. The third kappa shape index (κ3) is 2.86. The zero-order chi connectivity index (χ0) is 19.8. The van der Waals surface area contributed by atoms with Crippen LogP contribution >= 0.6 is 11.3 Å². The third-order valence-electron chi connectivity index (χ3n) is 4.72. The standard InChI is InChI=1S/C21H18N4O2S/c1-13-18(21(27)25(24(13)2)14-7-4-3-5-8-14)19(26)15-10-11-16(23-20(15)22)17-9-6-12-28-17/h3-12H,1-2H3,(H2,22,23). The lowest BCUT2D eigenvalue weighted by Crippen LogP contribution is -2.23. The van der Waals surface area contributed by atoms with Crippen LogP contribution in [0.5, 0.6) is 0 Å². The molecular weight excluding hydrogens is 372 g/mol. The molecule has 0 aliphatic carbocycles. The van der Waals surface area contributed by atoms with Crippen LogP contribution in [0.25, 0.3) is 16.3 Å². The number of para-hydroxylation sites is 1. The average molecular weight is 390 g/mol. The van der Waals surface area contributed by atoms with E-state index < -0.39 is 5.78 Å². The molecule has 4 aromatic rings. The van der Waals surface area contributed by atoms with E-state index in [9.17, 15) is 9.59 Å². The van der Waals surface area contributed by atoms with Crippen molar-refractivity contribution in [2.75, 3.05) is 5.73 Å². The van der Waals surface area contributed by atoms with Gasteiger partial charge in [0.15, 0.2) is 0 Å². The van der Waals surface area contributed by atoms with E-state index in [1.807, 2.05) is 47.8 Å². The van der Waals surface area contributed by atoms with Crippen LogP contribution in [0.3, 0.4) is 0 Å². The van der Waals surface area contributed by atoms with Gasteiger partial charge in [0.2, 0.25) is 5.78 Å². The number of nitrogens with zero attached hydrogens (tertiary/aromatic N) is 3. The number of carbonyl (C=O) groups excluding carboxylic acids is 1. The van der Waals surface area contributed by atoms with E-state index in [4.69, 9.17) is 5.73 Å². The normalized spacial score (nSPS) is 10.9. The number of anilines is 1. The van der Waals surface area contributed by atoms with E-state index in [1.54, 1.807) is 42.1 Å². The van der Waals surface area contributed by atoms with Crippen LogP contribution in [0.4, 0.5) is 5.82 Å². The van der Waals surface area contributed by atoms with Crippen LogP contribution in [0.2, 0.25) is 0 Å². The highest BCUT2D eigenvalue weighted by Crippen LogP contribution is 2.26. The highest BCUT2D eigenvalue weighted by Gasteiger charge is 2.25. The SMILES string of the molecule is Cc1c(C(=O)c2ccc(-c3cccs3)nc2N)c(=O)n(-c2ccccc2)n1C. The maximum absolute atomic E-state index is 13.2. The molecule has 0 aliphatic heterocycles. The molecule has 3 aromatic heterocycles. The monoisotopic (exact) mass is 390 g/mol. The average Bonchev–Trinajstić information content (AvgIpc) is 3.30. The predicted octanol–water partition coefficient (Wildman–Crippen LogP) is 3.42. The number of hydrogen-bond donors (Lipinski definition) is 1. The molecule has 0 radical (unpaired) electrons. The Balaban J connectivity index is 1.80. The number of carbonyl (C=O) groups is 1. The van der Waals surface area contributed by atoms with E-state index >= 15 is 0 Å². The highest BCUT2D eigenvalue weighted by molar-refractivity contribution is 7.13. The maximum atomic E-state index is 13.2. The van der Waals surface area contributed by atoms with Crippen LogP contribution < -0.4 is 11.3 Å². The molecular formula is C21H18N4O2S. The summed E-state index contributed by atoms with van der Waals surface area (Å²) in [5.41, 5.74) is 8.00. The third-order valence-corrected chi connectivity index (χ3v) is 5.62. The molecule has 0 atom stereocenters. The van der Waals surface area contributed by atoms with Gasteiger partial charge in [0.25, 0.3) is 5.56 Å². The molecule has 140 valence electrons. The maximum Gasteiger partial charge on any atom is 0.282 e. The van der Waals surface area contributed by atoms with E-state index in [-0.39, 0.29) is 22.5 Å². The van der Waals surface area contributed by atoms with Crippen molar-refractivity contribution >= 4 is 22.9 Å². The smallest absolute Gasteiger partial charge is 0.282 e. The molecule has 0 unspecified atom stereocenters. The van der Waals surface area contributed by atoms with Gasteiger partial charge in [0.1, 0.15) is 11.4 Å². The van der Waals surface area contributed by atoms with Gasteiger partial charge in [-0.15, -0.1) is 11.3 Å². The predicted molar refractivity (Wildman–Crippen MR) is 111 cm³/mol. The van der Waals surface area contributed by atoms with Crippen LogP contribution in [-0.4, -0.2) is 20.1 Å². The fraction of sp³-hybridized carbons (Fsp3) is 0.0952. The van der Waals surface area contributed by atoms with E-state index in [0.717, 1.165) is 4.88 Å². The van der Waals surface area contributed by atoms with Crippen molar-refractivity contribution in [3.05, 3.63) is 87.2 Å². The molecule has 28 heavy (non-hydrogen) atoms. The number of thiophene rings is 1. The summed E-state index contributed by atoms with van der Waals surface area (Å²) in [5.74, 6) is -0.305. The summed E-state index contributed by atoms with van der Waals surface area (Å²) in [6.07, 6.45) is 0. The number of nitrogen functional groups attached to an aromatic ring is 1. The molecule has 0 amide bonds. The summed E-state index contributed by atoms with van der Waals surface area (Å²) >= 11 is 1.54. The van der Waals surface area contributed by atoms with Crippen molar-refractivity contribution in [1.82, 2.24) is 14.3 Å². The summed E-state index contributed by atoms with van der Waals surface area (Å²) in [6, 6.07) is 16.5. The summed E-state index contributed by atoms with van der Waals surface area (Å²) < 4.78 is 3.15. The largest absolute Gasteiger partial charge is 0.383 e. The molecule has 4 rings (SSSR count). The lowest BCUT2D eigenvalue weighted by molar-refractivity contribution is 0.103. The van der Waals surface area contributed by atoms with Crippen molar-refractivity contribution in [3.8, 4) is 16.3 Å². The van der Waals surface area contributed by atoms with Gasteiger partial charge in [0, 0.05) is 12.7 Å². The van der Waals surface area contributed by atoms with Crippen molar-refractivity contribution in [2.24, 2.45) is 7.05 Å². The van der Waals surface area contributed by atoms with Gasteiger partial charge in [-0.05, 0) is 42.6 Å². The molecule has 0 spiro atoms. The summed E-state index contributed by atoms with van der Waals surface area (Å²) in [5, 5.41) is 1.95. The van der Waals surface area contributed by atoms with Gasteiger partial charge in [-0.2, -0.15) is 0 Å². The van der Waals surface area contributed by atoms with Gasteiger partial charge in [0.05, 0.1) is 21.8 Å². The van der Waals surface area contributed by atoms with E-state index in [2.05, 4.69) is 4.98 Å². The number of nitrogens with two attached hydrogens (primary N) is 1. The Labute approximate surface area is 165 Å². The zero-order valence-electron chi connectivity index (χ0n) is 15.4. The summed E-state index contributed by atoms with van der Waals surface area (Å²) in [7, 11) is 1.75. The Morgan fingerprint density at radius 3 is 2.46 bits per heavy atom. The van der Waals surface area contributed by atoms with Gasteiger partial charge in [-0.3, -0.25) is 14.3 Å². The number of aromatic nitrogens is 3. The first-order chi connectivity index (χ1) is 13.5. The minimum atomic E-state index is -0.421.